The van der Waals surface area contributed by atoms with Gasteiger partial charge in [-0.25, -0.2) is 9.97 Å². The Morgan fingerprint density at radius 2 is 1.90 bits per heavy atom. The number of aromatic nitrogens is 2. The number of nitrogens with zero attached hydrogens (tertiary/aromatic N) is 2. The van der Waals surface area contributed by atoms with Gasteiger partial charge in [-0.15, -0.1) is 0 Å². The van der Waals surface area contributed by atoms with E-state index in [1.54, 1.807) is 0 Å². The van der Waals surface area contributed by atoms with Crippen LogP contribution in [0.25, 0.3) is 11.3 Å². The van der Waals surface area contributed by atoms with Crippen molar-refractivity contribution in [2.24, 2.45) is 0 Å². The van der Waals surface area contributed by atoms with Crippen LogP contribution in [0, 0.1) is 6.92 Å². The second-order valence-electron chi connectivity index (χ2n) is 5.10. The monoisotopic (exact) mass is 269 g/mol. The van der Waals surface area contributed by atoms with Crippen molar-refractivity contribution in [1.29, 1.82) is 0 Å². The normalized spacial score (nSPS) is 10.6. The third-order valence-electron chi connectivity index (χ3n) is 3.12. The van der Waals surface area contributed by atoms with Crippen LogP contribution in [0.5, 0.6) is 0 Å². The quantitative estimate of drug-likeness (QED) is 0.853. The van der Waals surface area contributed by atoms with E-state index < -0.39 is 0 Å². The summed E-state index contributed by atoms with van der Waals surface area (Å²) in [6.07, 6.45) is 3.07. The van der Waals surface area contributed by atoms with Crippen molar-refractivity contribution >= 4 is 5.82 Å². The Morgan fingerprint density at radius 1 is 1.05 bits per heavy atom. The molecule has 0 saturated carbocycles. The lowest BCUT2D eigenvalue weighted by atomic mass is 10.1. The van der Waals surface area contributed by atoms with E-state index in [9.17, 15) is 0 Å². The highest BCUT2D eigenvalue weighted by molar-refractivity contribution is 5.63. The molecule has 20 heavy (non-hydrogen) atoms. The Morgan fingerprint density at radius 3 is 2.60 bits per heavy atom. The summed E-state index contributed by atoms with van der Waals surface area (Å²) >= 11 is 0. The van der Waals surface area contributed by atoms with Crippen LogP contribution >= 0.6 is 0 Å². The maximum Gasteiger partial charge on any atom is 0.131 e. The van der Waals surface area contributed by atoms with Crippen LogP contribution in [0.3, 0.4) is 0 Å². The van der Waals surface area contributed by atoms with Crippen LogP contribution in [0.15, 0.2) is 30.3 Å². The highest BCUT2D eigenvalue weighted by Gasteiger charge is 2.06. The predicted octanol–water partition coefficient (Wildman–Crippen LogP) is 4.23. The van der Waals surface area contributed by atoms with Gasteiger partial charge in [0.25, 0.3) is 0 Å². The number of benzene rings is 1. The number of rotatable bonds is 6. The second-order valence-corrected chi connectivity index (χ2v) is 5.10. The van der Waals surface area contributed by atoms with Gasteiger partial charge in [0.05, 0.1) is 5.69 Å². The second kappa shape index (κ2) is 7.04. The summed E-state index contributed by atoms with van der Waals surface area (Å²) in [5.41, 5.74) is 3.41. The number of hydrogen-bond acceptors (Lipinski definition) is 3. The predicted molar refractivity (Wildman–Crippen MR) is 85.0 cm³/mol. The van der Waals surface area contributed by atoms with Gasteiger partial charge >= 0.3 is 0 Å². The molecule has 0 fully saturated rings. The summed E-state index contributed by atoms with van der Waals surface area (Å²) < 4.78 is 0. The molecular formula is C17H23N3. The summed E-state index contributed by atoms with van der Waals surface area (Å²) in [7, 11) is 0. The summed E-state index contributed by atoms with van der Waals surface area (Å²) in [6.45, 7) is 7.36. The van der Waals surface area contributed by atoms with Crippen molar-refractivity contribution in [3.05, 3.63) is 41.7 Å². The summed E-state index contributed by atoms with van der Waals surface area (Å²) in [4.78, 5) is 9.28. The Hall–Kier alpha value is -1.90. The lowest BCUT2D eigenvalue weighted by molar-refractivity contribution is 0.834. The van der Waals surface area contributed by atoms with Gasteiger partial charge in [-0.2, -0.15) is 0 Å². The number of nitrogens with one attached hydrogen (secondary N) is 1. The Bertz CT molecular complexity index is 564. The maximum absolute atomic E-state index is 4.69. The molecule has 3 heteroatoms. The fourth-order valence-electron chi connectivity index (χ4n) is 2.13. The zero-order chi connectivity index (χ0) is 14.4. The van der Waals surface area contributed by atoms with E-state index in [1.165, 1.54) is 5.56 Å². The maximum atomic E-state index is 4.69. The van der Waals surface area contributed by atoms with Crippen molar-refractivity contribution in [3.8, 4) is 11.3 Å². The minimum absolute atomic E-state index is 0.917. The molecule has 0 atom stereocenters. The molecule has 0 aliphatic heterocycles. The lowest BCUT2D eigenvalue weighted by Gasteiger charge is -2.10. The zero-order valence-corrected chi connectivity index (χ0v) is 12.6. The molecule has 1 aromatic carbocycles. The molecule has 0 saturated heterocycles. The molecule has 0 aliphatic rings. The molecule has 0 unspecified atom stereocenters. The van der Waals surface area contributed by atoms with Gasteiger partial charge in [0, 0.05) is 24.6 Å². The molecule has 1 aromatic heterocycles. The third kappa shape index (κ3) is 3.80. The average molecular weight is 269 g/mol. The van der Waals surface area contributed by atoms with E-state index in [4.69, 9.17) is 4.98 Å². The molecule has 1 N–H and O–H groups in total. The molecule has 0 bridgehead atoms. The van der Waals surface area contributed by atoms with E-state index in [-0.39, 0.29) is 0 Å². The van der Waals surface area contributed by atoms with Crippen LogP contribution in [-0.2, 0) is 6.42 Å². The van der Waals surface area contributed by atoms with Crippen LogP contribution in [0.2, 0.25) is 0 Å². The van der Waals surface area contributed by atoms with Gasteiger partial charge in [-0.3, -0.25) is 0 Å². The SMILES string of the molecule is CCCNc1cc(-c2cccc(C)c2)nc(CCC)n1. The molecule has 1 heterocycles. The molecule has 0 amide bonds. The van der Waals surface area contributed by atoms with Gasteiger partial charge in [0.2, 0.25) is 0 Å². The van der Waals surface area contributed by atoms with Crippen molar-refractivity contribution in [1.82, 2.24) is 9.97 Å². The number of aryl methyl sites for hydroxylation is 2. The van der Waals surface area contributed by atoms with Crippen molar-refractivity contribution < 1.29 is 0 Å². The first-order chi connectivity index (χ1) is 9.72. The molecule has 0 spiro atoms. The first-order valence-corrected chi connectivity index (χ1v) is 7.41. The van der Waals surface area contributed by atoms with Crippen molar-refractivity contribution in [2.75, 3.05) is 11.9 Å². The van der Waals surface area contributed by atoms with Crippen LogP contribution in [0.4, 0.5) is 5.82 Å². The van der Waals surface area contributed by atoms with Crippen LogP contribution < -0.4 is 5.32 Å². The van der Waals surface area contributed by atoms with Gasteiger partial charge in [-0.05, 0) is 25.8 Å². The summed E-state index contributed by atoms with van der Waals surface area (Å²) in [5, 5.41) is 3.37. The highest BCUT2D eigenvalue weighted by atomic mass is 15.0. The summed E-state index contributed by atoms with van der Waals surface area (Å²) in [5.74, 6) is 1.85. The van der Waals surface area contributed by atoms with Crippen LogP contribution in [0.1, 0.15) is 38.1 Å². The zero-order valence-electron chi connectivity index (χ0n) is 12.6. The van der Waals surface area contributed by atoms with Gasteiger partial charge < -0.3 is 5.32 Å². The van der Waals surface area contributed by atoms with Crippen molar-refractivity contribution in [3.63, 3.8) is 0 Å². The van der Waals surface area contributed by atoms with E-state index in [1.807, 2.05) is 6.07 Å². The highest BCUT2D eigenvalue weighted by Crippen LogP contribution is 2.21. The Kier molecular flexibility index (Phi) is 5.10. The number of anilines is 1. The lowest BCUT2D eigenvalue weighted by Crippen LogP contribution is -2.06. The molecule has 2 rings (SSSR count). The molecule has 2 aromatic rings. The van der Waals surface area contributed by atoms with Gasteiger partial charge in [-0.1, -0.05) is 37.6 Å². The van der Waals surface area contributed by atoms with Crippen LogP contribution in [-0.4, -0.2) is 16.5 Å². The third-order valence-corrected chi connectivity index (χ3v) is 3.12. The Balaban J connectivity index is 2.37. The van der Waals surface area contributed by atoms with Crippen molar-refractivity contribution in [2.45, 2.75) is 40.0 Å². The van der Waals surface area contributed by atoms with E-state index >= 15 is 0 Å². The first kappa shape index (κ1) is 14.5. The Labute approximate surface area is 121 Å². The topological polar surface area (TPSA) is 37.8 Å². The van der Waals surface area contributed by atoms with Gasteiger partial charge in [0.15, 0.2) is 0 Å². The fraction of sp³-hybridized carbons (Fsp3) is 0.412. The smallest absolute Gasteiger partial charge is 0.131 e. The molecule has 106 valence electrons. The first-order valence-electron chi connectivity index (χ1n) is 7.41. The standard InChI is InChI=1S/C17H23N3/c1-4-7-16-19-15(12-17(20-16)18-10-5-2)14-9-6-8-13(3)11-14/h6,8-9,11-12H,4-5,7,10H2,1-3H3,(H,18,19,20). The number of hydrogen-bond donors (Lipinski definition) is 1. The largest absolute Gasteiger partial charge is 0.370 e. The van der Waals surface area contributed by atoms with Gasteiger partial charge in [0.1, 0.15) is 11.6 Å². The minimum atomic E-state index is 0.917. The fourth-order valence-corrected chi connectivity index (χ4v) is 2.13. The molecular weight excluding hydrogens is 246 g/mol. The average Bonchev–Trinajstić information content (AvgIpc) is 2.45. The van der Waals surface area contributed by atoms with E-state index in [2.05, 4.69) is 55.3 Å². The summed E-state index contributed by atoms with van der Waals surface area (Å²) in [6, 6.07) is 10.5. The molecule has 0 aliphatic carbocycles. The van der Waals surface area contributed by atoms with E-state index in [0.717, 1.165) is 48.7 Å². The molecule has 0 radical (unpaired) electrons. The van der Waals surface area contributed by atoms with E-state index in [0.29, 0.717) is 0 Å². The minimum Gasteiger partial charge on any atom is -0.370 e. The molecule has 3 nitrogen and oxygen atoms in total.